The first-order valence-electron chi connectivity index (χ1n) is 5.22. The van der Waals surface area contributed by atoms with Crippen LogP contribution in [0.5, 0.6) is 0 Å². The van der Waals surface area contributed by atoms with Gasteiger partial charge >= 0.3 is 0 Å². The van der Waals surface area contributed by atoms with Crippen molar-refractivity contribution < 1.29 is 8.42 Å². The highest BCUT2D eigenvalue weighted by atomic mass is 32.2. The van der Waals surface area contributed by atoms with Crippen molar-refractivity contribution in [2.24, 2.45) is 0 Å². The summed E-state index contributed by atoms with van der Waals surface area (Å²) in [6.07, 6.45) is 0. The molecular weight excluding hydrogens is 238 g/mol. The van der Waals surface area contributed by atoms with Crippen molar-refractivity contribution in [1.82, 2.24) is 0 Å². The molecule has 0 heterocycles. The monoisotopic (exact) mass is 253 g/mol. The zero-order valence-corrected chi connectivity index (χ0v) is 10.4. The molecule has 5 nitrogen and oxygen atoms in total. The summed E-state index contributed by atoms with van der Waals surface area (Å²) < 4.78 is 22.5. The van der Waals surface area contributed by atoms with Gasteiger partial charge in [-0.05, 0) is 18.2 Å². The fraction of sp³-hybridized carbons (Fsp3) is 0.364. The largest absolute Gasteiger partial charge is 0.397 e. The fourth-order valence-corrected chi connectivity index (χ4v) is 1.98. The topological polar surface area (TPSA) is 96.0 Å². The lowest BCUT2D eigenvalue weighted by molar-refractivity contribution is 0.597. The lowest BCUT2D eigenvalue weighted by atomic mass is 10.2. The van der Waals surface area contributed by atoms with Crippen LogP contribution in [0.2, 0.25) is 0 Å². The average Bonchev–Trinajstić information content (AvgIpc) is 2.31. The van der Waals surface area contributed by atoms with Gasteiger partial charge < -0.3 is 11.1 Å². The third-order valence-electron chi connectivity index (χ3n) is 2.35. The summed E-state index contributed by atoms with van der Waals surface area (Å²) in [5.74, 6) is 0.209. The maximum atomic E-state index is 11.3. The number of hydrogen-bond acceptors (Lipinski definition) is 5. The highest BCUT2D eigenvalue weighted by molar-refractivity contribution is 7.91. The second-order valence-electron chi connectivity index (χ2n) is 3.58. The summed E-state index contributed by atoms with van der Waals surface area (Å²) in [5.41, 5.74) is 7.29. The minimum absolute atomic E-state index is 0.0724. The normalized spacial score (nSPS) is 10.8. The molecule has 3 N–H and O–H groups in total. The number of nitrogens with zero attached hydrogens (tertiary/aromatic N) is 1. The van der Waals surface area contributed by atoms with E-state index in [0.29, 0.717) is 23.5 Å². The van der Waals surface area contributed by atoms with Crippen molar-refractivity contribution in [3.63, 3.8) is 0 Å². The average molecular weight is 253 g/mol. The van der Waals surface area contributed by atoms with E-state index in [2.05, 4.69) is 5.32 Å². The maximum absolute atomic E-state index is 11.3. The molecule has 0 aliphatic heterocycles. The first-order valence-corrected chi connectivity index (χ1v) is 7.04. The zero-order chi connectivity index (χ0) is 12.9. The summed E-state index contributed by atoms with van der Waals surface area (Å²) in [4.78, 5) is 0. The minimum atomic E-state index is -2.97. The number of benzene rings is 1. The Labute approximate surface area is 101 Å². The Morgan fingerprint density at radius 1 is 1.47 bits per heavy atom. The Balaban J connectivity index is 2.62. The summed E-state index contributed by atoms with van der Waals surface area (Å²) >= 11 is 0. The van der Waals surface area contributed by atoms with E-state index in [1.165, 1.54) is 0 Å². The second kappa shape index (κ2) is 5.55. The van der Waals surface area contributed by atoms with Gasteiger partial charge in [-0.2, -0.15) is 5.26 Å². The van der Waals surface area contributed by atoms with E-state index >= 15 is 0 Å². The first-order chi connectivity index (χ1) is 7.98. The van der Waals surface area contributed by atoms with E-state index in [9.17, 15) is 8.42 Å². The molecule has 0 amide bonds. The van der Waals surface area contributed by atoms with Gasteiger partial charge in [0.05, 0.1) is 28.8 Å². The summed E-state index contributed by atoms with van der Waals surface area (Å²) in [6.45, 7) is 1.93. The van der Waals surface area contributed by atoms with Crippen LogP contribution in [0.25, 0.3) is 0 Å². The van der Waals surface area contributed by atoms with Gasteiger partial charge in [0.1, 0.15) is 0 Å². The summed E-state index contributed by atoms with van der Waals surface area (Å²) in [5, 5.41) is 11.6. The van der Waals surface area contributed by atoms with Gasteiger partial charge in [-0.3, -0.25) is 0 Å². The van der Waals surface area contributed by atoms with Gasteiger partial charge in [0.25, 0.3) is 0 Å². The number of nitriles is 1. The number of rotatable bonds is 5. The smallest absolute Gasteiger partial charge is 0.151 e. The van der Waals surface area contributed by atoms with Crippen molar-refractivity contribution in [2.45, 2.75) is 6.92 Å². The number of sulfone groups is 1. The molecule has 0 aromatic heterocycles. The predicted molar refractivity (Wildman–Crippen MR) is 68.4 cm³/mol. The van der Waals surface area contributed by atoms with Crippen LogP contribution in [-0.4, -0.2) is 26.5 Å². The van der Waals surface area contributed by atoms with Crippen LogP contribution >= 0.6 is 0 Å². The van der Waals surface area contributed by atoms with Crippen LogP contribution in [-0.2, 0) is 9.84 Å². The number of nitrogen functional groups attached to an aromatic ring is 1. The van der Waals surface area contributed by atoms with Gasteiger partial charge in [-0.25, -0.2) is 8.42 Å². The van der Waals surface area contributed by atoms with Crippen molar-refractivity contribution in [3.8, 4) is 6.07 Å². The SMILES string of the molecule is CCS(=O)(=O)CCNc1ccc(C#N)cc1N. The summed E-state index contributed by atoms with van der Waals surface area (Å²) in [7, 11) is -2.97. The molecular formula is C11H15N3O2S. The number of nitrogens with two attached hydrogens (primary N) is 1. The van der Waals surface area contributed by atoms with Gasteiger partial charge in [0.2, 0.25) is 0 Å². The van der Waals surface area contributed by atoms with Crippen molar-refractivity contribution >= 4 is 21.2 Å². The molecule has 0 aliphatic rings. The molecule has 0 bridgehead atoms. The molecule has 1 rings (SSSR count). The molecule has 0 saturated heterocycles. The van der Waals surface area contributed by atoms with Crippen LogP contribution in [0.4, 0.5) is 11.4 Å². The van der Waals surface area contributed by atoms with Crippen LogP contribution in [0.15, 0.2) is 18.2 Å². The molecule has 0 atom stereocenters. The van der Waals surface area contributed by atoms with Crippen molar-refractivity contribution in [2.75, 3.05) is 29.1 Å². The number of nitrogens with one attached hydrogen (secondary N) is 1. The Bertz CT molecular complexity index is 532. The third kappa shape index (κ3) is 3.96. The van der Waals surface area contributed by atoms with E-state index in [1.54, 1.807) is 25.1 Å². The highest BCUT2D eigenvalue weighted by Crippen LogP contribution is 2.19. The Morgan fingerprint density at radius 3 is 2.71 bits per heavy atom. The highest BCUT2D eigenvalue weighted by Gasteiger charge is 2.07. The first kappa shape index (κ1) is 13.3. The van der Waals surface area contributed by atoms with Gasteiger partial charge in [0.15, 0.2) is 9.84 Å². The van der Waals surface area contributed by atoms with Crippen molar-refractivity contribution in [3.05, 3.63) is 23.8 Å². The molecule has 0 aliphatic carbocycles. The lowest BCUT2D eigenvalue weighted by Gasteiger charge is -2.09. The summed E-state index contributed by atoms with van der Waals surface area (Å²) in [6, 6.07) is 6.84. The maximum Gasteiger partial charge on any atom is 0.151 e. The quantitative estimate of drug-likeness (QED) is 0.763. The van der Waals surface area contributed by atoms with Crippen LogP contribution < -0.4 is 11.1 Å². The molecule has 0 fully saturated rings. The van der Waals surface area contributed by atoms with Gasteiger partial charge in [0, 0.05) is 12.3 Å². The van der Waals surface area contributed by atoms with Crippen molar-refractivity contribution in [1.29, 1.82) is 5.26 Å². The molecule has 92 valence electrons. The van der Waals surface area contributed by atoms with E-state index in [-0.39, 0.29) is 11.5 Å². The Hall–Kier alpha value is -1.74. The molecule has 1 aromatic carbocycles. The number of hydrogen-bond donors (Lipinski definition) is 2. The molecule has 0 saturated carbocycles. The molecule has 0 radical (unpaired) electrons. The minimum Gasteiger partial charge on any atom is -0.397 e. The predicted octanol–water partition coefficient (Wildman–Crippen LogP) is 0.987. The molecule has 17 heavy (non-hydrogen) atoms. The number of anilines is 2. The Morgan fingerprint density at radius 2 is 2.18 bits per heavy atom. The fourth-order valence-electron chi connectivity index (χ4n) is 1.28. The lowest BCUT2D eigenvalue weighted by Crippen LogP contribution is -2.17. The van der Waals surface area contributed by atoms with E-state index in [4.69, 9.17) is 11.0 Å². The molecule has 0 unspecified atom stereocenters. The zero-order valence-electron chi connectivity index (χ0n) is 9.60. The standard InChI is InChI=1S/C11H15N3O2S/c1-2-17(15,16)6-5-14-11-4-3-9(8-12)7-10(11)13/h3-4,7,14H,2,5-6,13H2,1H3. The van der Waals surface area contributed by atoms with E-state index in [1.807, 2.05) is 6.07 Å². The molecule has 0 spiro atoms. The van der Waals surface area contributed by atoms with Gasteiger partial charge in [-0.1, -0.05) is 6.92 Å². The third-order valence-corrected chi connectivity index (χ3v) is 4.05. The van der Waals surface area contributed by atoms with Crippen LogP contribution in [0, 0.1) is 11.3 Å². The Kier molecular flexibility index (Phi) is 4.35. The van der Waals surface area contributed by atoms with Gasteiger partial charge in [-0.15, -0.1) is 0 Å². The molecule has 6 heteroatoms. The van der Waals surface area contributed by atoms with E-state index in [0.717, 1.165) is 0 Å². The molecule has 1 aromatic rings. The van der Waals surface area contributed by atoms with Crippen LogP contribution in [0.1, 0.15) is 12.5 Å². The van der Waals surface area contributed by atoms with Crippen LogP contribution in [0.3, 0.4) is 0 Å². The second-order valence-corrected chi connectivity index (χ2v) is 6.05. The van der Waals surface area contributed by atoms with E-state index < -0.39 is 9.84 Å².